The molecule has 3 aromatic rings. The van der Waals surface area contributed by atoms with Gasteiger partial charge in [-0.15, -0.1) is 0 Å². The number of alkyl halides is 3. The third kappa shape index (κ3) is 8.39. The summed E-state index contributed by atoms with van der Waals surface area (Å²) in [6.07, 6.45) is -2.50. The fraction of sp³-hybridized carbons (Fsp3) is 0.250. The Bertz CT molecular complexity index is 1440. The molecule has 0 aliphatic carbocycles. The van der Waals surface area contributed by atoms with Gasteiger partial charge in [-0.05, 0) is 18.2 Å². The van der Waals surface area contributed by atoms with Gasteiger partial charge >= 0.3 is 6.18 Å². The zero-order valence-electron chi connectivity index (χ0n) is 23.0. The van der Waals surface area contributed by atoms with Gasteiger partial charge in [0.05, 0.1) is 31.9 Å². The minimum absolute atomic E-state index is 0.0833. The molecule has 0 saturated carbocycles. The molecule has 0 bridgehead atoms. The first-order chi connectivity index (χ1) is 20.0. The quantitative estimate of drug-likeness (QED) is 0.0731. The van der Waals surface area contributed by atoms with Crippen LogP contribution in [0.2, 0.25) is 0 Å². The van der Waals surface area contributed by atoms with Gasteiger partial charge in [-0.25, -0.2) is 8.78 Å². The number of carbonyl (C=O) groups excluding carboxylic acids is 1. The Morgan fingerprint density at radius 3 is 2.29 bits per heavy atom. The number of aliphatic hydroxyl groups is 1. The van der Waals surface area contributed by atoms with Crippen molar-refractivity contribution in [3.05, 3.63) is 72.2 Å². The molecular weight excluding hydrogens is 569 g/mol. The number of pyridine rings is 1. The Hall–Kier alpha value is -4.72. The molecule has 0 amide bonds. The molecule has 226 valence electrons. The predicted molar refractivity (Wildman–Crippen MR) is 147 cm³/mol. The highest BCUT2D eigenvalue weighted by atomic mass is 19.4. The number of halogens is 5. The molecule has 0 radical (unpaired) electrons. The lowest BCUT2D eigenvalue weighted by Gasteiger charge is -2.21. The highest BCUT2D eigenvalue weighted by Crippen LogP contribution is 2.40. The van der Waals surface area contributed by atoms with Crippen molar-refractivity contribution in [2.75, 3.05) is 40.2 Å². The molecular formula is C28H28F5N3O6. The smallest absolute Gasteiger partial charge is 0.427 e. The number of rotatable bonds is 11. The van der Waals surface area contributed by atoms with E-state index in [1.54, 1.807) is 7.05 Å². The number of fused-ring (bicyclic) bond motifs is 1. The van der Waals surface area contributed by atoms with Crippen molar-refractivity contribution in [1.82, 2.24) is 4.98 Å². The molecule has 0 spiro atoms. The number of ether oxygens (including phenoxy) is 4. The van der Waals surface area contributed by atoms with Gasteiger partial charge in [0.15, 0.2) is 35.2 Å². The van der Waals surface area contributed by atoms with Crippen molar-refractivity contribution in [2.24, 2.45) is 4.99 Å². The van der Waals surface area contributed by atoms with Crippen LogP contribution in [-0.4, -0.2) is 69.8 Å². The van der Waals surface area contributed by atoms with Crippen molar-refractivity contribution in [2.45, 2.75) is 12.3 Å². The number of carbonyl (C=O) groups is 1. The average molecular weight is 598 g/mol. The summed E-state index contributed by atoms with van der Waals surface area (Å²) in [5.74, 6) is -2.78. The van der Waals surface area contributed by atoms with Gasteiger partial charge in [-0.1, -0.05) is 6.58 Å². The van der Waals surface area contributed by atoms with Gasteiger partial charge in [-0.2, -0.15) is 13.2 Å². The van der Waals surface area contributed by atoms with Crippen LogP contribution in [0.5, 0.6) is 23.0 Å². The first-order valence-electron chi connectivity index (χ1n) is 11.9. The normalized spacial score (nSPS) is 12.5. The lowest BCUT2D eigenvalue weighted by atomic mass is 10.1. The molecule has 0 saturated heterocycles. The van der Waals surface area contributed by atoms with Crippen molar-refractivity contribution in [3.8, 4) is 23.0 Å². The standard InChI is InChI=1S/C20H17F5N2O4.C8H11NO2/c1-26-10-5-12(21)19(13(22)6-10)31-15-3-4-27-14-8-16(29-2)17(7-11(14)15)30-18(9-28)20(23,24)25;1-4-8(11-3)7(6-10)5-9-2/h3-8,18,26,28H,9H2,1-2H3;4-6H,1H2,2-3H3/b;8-7-,9-5?. The number of hydrogen-bond acceptors (Lipinski definition) is 9. The average Bonchev–Trinajstić information content (AvgIpc) is 2.96. The molecule has 0 aliphatic rings. The second-order valence-corrected chi connectivity index (χ2v) is 8.01. The number of aromatic nitrogens is 1. The van der Waals surface area contributed by atoms with Crippen molar-refractivity contribution < 1.29 is 50.8 Å². The lowest BCUT2D eigenvalue weighted by Crippen LogP contribution is -2.37. The first-order valence-corrected chi connectivity index (χ1v) is 11.9. The summed E-state index contributed by atoms with van der Waals surface area (Å²) in [4.78, 5) is 18.1. The van der Waals surface area contributed by atoms with E-state index in [1.807, 2.05) is 0 Å². The van der Waals surface area contributed by atoms with E-state index in [2.05, 4.69) is 21.9 Å². The van der Waals surface area contributed by atoms with Crippen molar-refractivity contribution in [3.63, 3.8) is 0 Å². The Kier molecular flexibility index (Phi) is 12.2. The Balaban J connectivity index is 0.000000476. The van der Waals surface area contributed by atoms with E-state index in [-0.39, 0.29) is 33.8 Å². The summed E-state index contributed by atoms with van der Waals surface area (Å²) in [5.41, 5.74) is 0.788. The number of benzene rings is 2. The summed E-state index contributed by atoms with van der Waals surface area (Å²) in [5, 5.41) is 11.7. The van der Waals surface area contributed by atoms with E-state index in [4.69, 9.17) is 24.1 Å². The van der Waals surface area contributed by atoms with Crippen LogP contribution >= 0.6 is 0 Å². The second kappa shape index (κ2) is 15.3. The fourth-order valence-corrected chi connectivity index (χ4v) is 3.35. The minimum atomic E-state index is -4.84. The highest BCUT2D eigenvalue weighted by molar-refractivity contribution is 6.02. The van der Waals surface area contributed by atoms with Crippen LogP contribution in [0.25, 0.3) is 10.9 Å². The Morgan fingerprint density at radius 2 is 1.81 bits per heavy atom. The van der Waals surface area contributed by atoms with Crippen molar-refractivity contribution >= 4 is 29.1 Å². The van der Waals surface area contributed by atoms with E-state index in [1.165, 1.54) is 51.9 Å². The van der Waals surface area contributed by atoms with Crippen LogP contribution < -0.4 is 19.5 Å². The fourth-order valence-electron chi connectivity index (χ4n) is 3.35. The van der Waals surface area contributed by atoms with E-state index in [0.29, 0.717) is 17.6 Å². The molecule has 0 aliphatic heterocycles. The number of nitrogens with zero attached hydrogens (tertiary/aromatic N) is 2. The van der Waals surface area contributed by atoms with Gasteiger partial charge in [-0.3, -0.25) is 14.8 Å². The summed E-state index contributed by atoms with van der Waals surface area (Å²) in [6.45, 7) is 2.16. The van der Waals surface area contributed by atoms with Gasteiger partial charge in [0.1, 0.15) is 11.5 Å². The summed E-state index contributed by atoms with van der Waals surface area (Å²) >= 11 is 0. The number of aliphatic imine (C=N–C) groups is 1. The predicted octanol–water partition coefficient (Wildman–Crippen LogP) is 5.63. The topological polar surface area (TPSA) is 112 Å². The van der Waals surface area contributed by atoms with Gasteiger partial charge < -0.3 is 29.4 Å². The maximum atomic E-state index is 14.3. The molecule has 1 atom stereocenters. The third-order valence-electron chi connectivity index (χ3n) is 5.37. The van der Waals surface area contributed by atoms with E-state index < -0.39 is 36.3 Å². The number of aldehydes is 1. The molecule has 1 heterocycles. The molecule has 2 N–H and O–H groups in total. The largest absolute Gasteiger partial charge is 0.496 e. The molecule has 1 aromatic heterocycles. The Morgan fingerprint density at radius 1 is 1.14 bits per heavy atom. The van der Waals surface area contributed by atoms with E-state index >= 15 is 0 Å². The highest BCUT2D eigenvalue weighted by Gasteiger charge is 2.42. The van der Waals surface area contributed by atoms with E-state index in [9.17, 15) is 26.7 Å². The molecule has 14 heteroatoms. The van der Waals surface area contributed by atoms with Gasteiger partial charge in [0.25, 0.3) is 0 Å². The maximum absolute atomic E-state index is 14.3. The molecule has 42 heavy (non-hydrogen) atoms. The molecule has 0 fully saturated rings. The molecule has 3 rings (SSSR count). The Labute approximate surface area is 237 Å². The number of anilines is 1. The van der Waals surface area contributed by atoms with Gasteiger partial charge in [0.2, 0.25) is 6.10 Å². The minimum Gasteiger partial charge on any atom is -0.496 e. The maximum Gasteiger partial charge on any atom is 0.427 e. The second-order valence-electron chi connectivity index (χ2n) is 8.01. The third-order valence-corrected chi connectivity index (χ3v) is 5.37. The SMILES string of the molecule is C=C/C(OC)=C(/C=O)C=NC.CNc1cc(F)c(Oc2ccnc3cc(OC)c(OC(CO)C(F)(F)F)cc23)c(F)c1. The number of methoxy groups -OCH3 is 2. The van der Waals surface area contributed by atoms with Crippen LogP contribution in [0.15, 0.2) is 65.5 Å². The zero-order chi connectivity index (χ0) is 31.4. The molecule has 1 unspecified atom stereocenters. The van der Waals surface area contributed by atoms with Crippen LogP contribution in [0.3, 0.4) is 0 Å². The van der Waals surface area contributed by atoms with Crippen LogP contribution in [0.1, 0.15) is 0 Å². The van der Waals surface area contributed by atoms with Crippen LogP contribution in [0.4, 0.5) is 27.6 Å². The monoisotopic (exact) mass is 597 g/mol. The number of hydrogen-bond donors (Lipinski definition) is 2. The summed E-state index contributed by atoms with van der Waals surface area (Å²) < 4.78 is 87.9. The molecule has 9 nitrogen and oxygen atoms in total. The van der Waals surface area contributed by atoms with Gasteiger partial charge in [0, 0.05) is 55.8 Å². The summed E-state index contributed by atoms with van der Waals surface area (Å²) in [6, 6.07) is 5.74. The lowest BCUT2D eigenvalue weighted by molar-refractivity contribution is -0.204. The van der Waals surface area contributed by atoms with Crippen LogP contribution in [0, 0.1) is 11.6 Å². The number of allylic oxidation sites excluding steroid dienone is 2. The van der Waals surface area contributed by atoms with Crippen LogP contribution in [-0.2, 0) is 9.53 Å². The van der Waals surface area contributed by atoms with E-state index in [0.717, 1.165) is 18.2 Å². The number of nitrogens with one attached hydrogen (secondary N) is 1. The molecule has 2 aromatic carbocycles. The number of aliphatic hydroxyl groups excluding tert-OH is 1. The summed E-state index contributed by atoms with van der Waals surface area (Å²) in [7, 11) is 5.76. The first kappa shape index (κ1) is 33.5. The van der Waals surface area contributed by atoms with Crippen molar-refractivity contribution in [1.29, 1.82) is 0 Å². The zero-order valence-corrected chi connectivity index (χ0v) is 23.0.